The van der Waals surface area contributed by atoms with Crippen molar-refractivity contribution in [1.82, 2.24) is 0 Å². The van der Waals surface area contributed by atoms with Crippen molar-refractivity contribution in [3.8, 4) is 11.5 Å². The first-order valence-corrected chi connectivity index (χ1v) is 7.20. The molecule has 0 aliphatic rings. The van der Waals surface area contributed by atoms with Crippen LogP contribution in [-0.4, -0.2) is 34.1 Å². The normalized spacial score (nSPS) is 11.2. The van der Waals surface area contributed by atoms with Gasteiger partial charge in [-0.2, -0.15) is 0 Å². The van der Waals surface area contributed by atoms with Gasteiger partial charge in [-0.3, -0.25) is 0 Å². The van der Waals surface area contributed by atoms with E-state index in [1.807, 2.05) is 6.07 Å². The van der Waals surface area contributed by atoms with Crippen LogP contribution < -0.4 is 15.2 Å². The zero-order chi connectivity index (χ0) is 12.9. The van der Waals surface area contributed by atoms with Crippen LogP contribution in [-0.2, 0) is 16.4 Å². The monoisotopic (exact) mass is 259 g/mol. The van der Waals surface area contributed by atoms with Crippen molar-refractivity contribution in [1.29, 1.82) is 0 Å². The van der Waals surface area contributed by atoms with E-state index in [9.17, 15) is 8.42 Å². The number of nitrogens with two attached hydrogens (primary N) is 1. The molecule has 0 saturated heterocycles. The predicted octanol–water partition coefficient (Wildman–Crippen LogP) is 0.577. The molecule has 2 N–H and O–H groups in total. The molecular weight excluding hydrogens is 242 g/mol. The van der Waals surface area contributed by atoms with Gasteiger partial charge in [-0.15, -0.1) is 0 Å². The molecule has 17 heavy (non-hydrogen) atoms. The molecule has 0 saturated carbocycles. The zero-order valence-electron chi connectivity index (χ0n) is 9.97. The molecule has 96 valence electrons. The van der Waals surface area contributed by atoms with Crippen LogP contribution in [0.4, 0.5) is 0 Å². The number of ether oxygens (including phenoxy) is 2. The van der Waals surface area contributed by atoms with Gasteiger partial charge in [0.05, 0.1) is 12.9 Å². The van der Waals surface area contributed by atoms with Gasteiger partial charge in [-0.1, -0.05) is 6.07 Å². The van der Waals surface area contributed by atoms with Crippen molar-refractivity contribution in [2.75, 3.05) is 25.7 Å². The van der Waals surface area contributed by atoms with E-state index in [1.54, 1.807) is 12.1 Å². The van der Waals surface area contributed by atoms with Crippen LogP contribution in [0.2, 0.25) is 0 Å². The summed E-state index contributed by atoms with van der Waals surface area (Å²) in [5.41, 5.74) is 6.42. The van der Waals surface area contributed by atoms with Crippen LogP contribution in [0.3, 0.4) is 0 Å². The number of benzene rings is 1. The molecule has 5 nitrogen and oxygen atoms in total. The molecule has 0 atom stereocenters. The minimum absolute atomic E-state index is 0.0248. The highest BCUT2D eigenvalue weighted by atomic mass is 32.2. The van der Waals surface area contributed by atoms with Gasteiger partial charge in [0.25, 0.3) is 0 Å². The Morgan fingerprint density at radius 1 is 1.29 bits per heavy atom. The number of sulfone groups is 1. The van der Waals surface area contributed by atoms with E-state index < -0.39 is 9.84 Å². The fraction of sp³-hybridized carbons (Fsp3) is 0.455. The average molecular weight is 259 g/mol. The maximum Gasteiger partial charge on any atom is 0.161 e. The highest BCUT2D eigenvalue weighted by Gasteiger charge is 2.07. The van der Waals surface area contributed by atoms with Crippen molar-refractivity contribution < 1.29 is 17.9 Å². The summed E-state index contributed by atoms with van der Waals surface area (Å²) in [5, 5.41) is 0. The molecule has 0 fully saturated rings. The Labute approximate surface area is 101 Å². The second kappa shape index (κ2) is 5.88. The van der Waals surface area contributed by atoms with Gasteiger partial charge in [0, 0.05) is 12.8 Å². The highest BCUT2D eigenvalue weighted by Crippen LogP contribution is 2.27. The minimum atomic E-state index is -3.02. The first-order valence-electron chi connectivity index (χ1n) is 5.14. The second-order valence-electron chi connectivity index (χ2n) is 3.67. The van der Waals surface area contributed by atoms with Gasteiger partial charge >= 0.3 is 0 Å². The molecule has 0 unspecified atom stereocenters. The molecule has 6 heteroatoms. The summed E-state index contributed by atoms with van der Waals surface area (Å²) in [4.78, 5) is 0. The average Bonchev–Trinajstić information content (AvgIpc) is 2.27. The fourth-order valence-electron chi connectivity index (χ4n) is 1.26. The first kappa shape index (κ1) is 13.8. The van der Waals surface area contributed by atoms with Gasteiger partial charge in [-0.05, 0) is 17.7 Å². The van der Waals surface area contributed by atoms with Crippen LogP contribution >= 0.6 is 0 Å². The second-order valence-corrected chi connectivity index (χ2v) is 5.93. The SMILES string of the molecule is COc1ccc(CN)cc1OCCS(C)(=O)=O. The van der Waals surface area contributed by atoms with Gasteiger partial charge in [0.15, 0.2) is 21.3 Å². The molecule has 0 bridgehead atoms. The summed E-state index contributed by atoms with van der Waals surface area (Å²) in [5.74, 6) is 1.05. The summed E-state index contributed by atoms with van der Waals surface area (Å²) in [6, 6.07) is 5.33. The summed E-state index contributed by atoms with van der Waals surface area (Å²) in [7, 11) is -1.49. The maximum atomic E-state index is 11.0. The van der Waals surface area contributed by atoms with Crippen molar-refractivity contribution >= 4 is 9.84 Å². The van der Waals surface area contributed by atoms with E-state index >= 15 is 0 Å². The number of hydrogen-bond acceptors (Lipinski definition) is 5. The topological polar surface area (TPSA) is 78.6 Å². The van der Waals surface area contributed by atoms with E-state index in [4.69, 9.17) is 15.2 Å². The Hall–Kier alpha value is -1.27. The largest absolute Gasteiger partial charge is 0.493 e. The molecule has 0 amide bonds. The fourth-order valence-corrected chi connectivity index (χ4v) is 1.65. The lowest BCUT2D eigenvalue weighted by molar-refractivity contribution is 0.311. The molecule has 0 aliphatic heterocycles. The minimum Gasteiger partial charge on any atom is -0.493 e. The van der Waals surface area contributed by atoms with Crippen molar-refractivity contribution in [2.45, 2.75) is 6.54 Å². The van der Waals surface area contributed by atoms with Gasteiger partial charge < -0.3 is 15.2 Å². The summed E-state index contributed by atoms with van der Waals surface area (Å²) in [6.07, 6.45) is 1.17. The Bertz CT molecular complexity index is 470. The van der Waals surface area contributed by atoms with E-state index in [-0.39, 0.29) is 12.4 Å². The van der Waals surface area contributed by atoms with Crippen molar-refractivity contribution in [3.05, 3.63) is 23.8 Å². The van der Waals surface area contributed by atoms with Crippen LogP contribution in [0.25, 0.3) is 0 Å². The number of hydrogen-bond donors (Lipinski definition) is 1. The quantitative estimate of drug-likeness (QED) is 0.808. The standard InChI is InChI=1S/C11H17NO4S/c1-15-10-4-3-9(8-12)7-11(10)16-5-6-17(2,13)14/h3-4,7H,5-6,8,12H2,1-2H3. The molecule has 0 spiro atoms. The van der Waals surface area contributed by atoms with Crippen LogP contribution in [0.5, 0.6) is 11.5 Å². The van der Waals surface area contributed by atoms with Crippen LogP contribution in [0.15, 0.2) is 18.2 Å². The Kier molecular flexibility index (Phi) is 4.77. The van der Waals surface area contributed by atoms with Crippen molar-refractivity contribution in [2.24, 2.45) is 5.73 Å². The molecule has 1 rings (SSSR count). The van der Waals surface area contributed by atoms with Gasteiger partial charge in [0.1, 0.15) is 6.61 Å². The molecule has 0 radical (unpaired) electrons. The van der Waals surface area contributed by atoms with E-state index in [0.29, 0.717) is 18.0 Å². The summed E-state index contributed by atoms with van der Waals surface area (Å²) < 4.78 is 32.4. The third-order valence-electron chi connectivity index (χ3n) is 2.18. The van der Waals surface area contributed by atoms with E-state index in [0.717, 1.165) is 5.56 Å². The molecular formula is C11H17NO4S. The molecule has 0 heterocycles. The third-order valence-corrected chi connectivity index (χ3v) is 3.08. The first-order chi connectivity index (χ1) is 7.96. The molecule has 0 aromatic heterocycles. The Morgan fingerprint density at radius 3 is 2.53 bits per heavy atom. The lowest BCUT2D eigenvalue weighted by Crippen LogP contribution is -2.12. The highest BCUT2D eigenvalue weighted by molar-refractivity contribution is 7.90. The van der Waals surface area contributed by atoms with E-state index in [2.05, 4.69) is 0 Å². The van der Waals surface area contributed by atoms with Crippen LogP contribution in [0.1, 0.15) is 5.56 Å². The zero-order valence-corrected chi connectivity index (χ0v) is 10.8. The lowest BCUT2D eigenvalue weighted by atomic mass is 10.2. The summed E-state index contributed by atoms with van der Waals surface area (Å²) >= 11 is 0. The smallest absolute Gasteiger partial charge is 0.161 e. The van der Waals surface area contributed by atoms with Gasteiger partial charge in [-0.25, -0.2) is 8.42 Å². The molecule has 1 aromatic rings. The summed E-state index contributed by atoms with van der Waals surface area (Å²) in [6.45, 7) is 0.496. The van der Waals surface area contributed by atoms with Crippen LogP contribution in [0, 0.1) is 0 Å². The predicted molar refractivity (Wildman–Crippen MR) is 66.1 cm³/mol. The Morgan fingerprint density at radius 2 is 2.00 bits per heavy atom. The van der Waals surface area contributed by atoms with Crippen molar-refractivity contribution in [3.63, 3.8) is 0 Å². The van der Waals surface area contributed by atoms with E-state index in [1.165, 1.54) is 13.4 Å². The Balaban J connectivity index is 2.74. The van der Waals surface area contributed by atoms with Gasteiger partial charge in [0.2, 0.25) is 0 Å². The number of methoxy groups -OCH3 is 1. The lowest BCUT2D eigenvalue weighted by Gasteiger charge is -2.11. The molecule has 1 aromatic carbocycles. The number of rotatable bonds is 6. The third kappa shape index (κ3) is 4.62. The maximum absolute atomic E-state index is 11.0. The molecule has 0 aliphatic carbocycles.